The number of rotatable bonds is 4. The molecule has 0 spiro atoms. The highest BCUT2D eigenvalue weighted by Gasteiger charge is 2.28. The Bertz CT molecular complexity index is 1200. The van der Waals surface area contributed by atoms with Gasteiger partial charge in [0.2, 0.25) is 12.6 Å². The molecule has 0 amide bonds. The Labute approximate surface area is 182 Å². The molecule has 0 aliphatic carbocycles. The van der Waals surface area contributed by atoms with Gasteiger partial charge in [-0.1, -0.05) is 35.3 Å². The summed E-state index contributed by atoms with van der Waals surface area (Å²) in [6, 6.07) is 15.8. The highest BCUT2D eigenvalue weighted by atomic mass is 35.5. The van der Waals surface area contributed by atoms with Crippen LogP contribution in [0.25, 0.3) is 6.08 Å². The molecular formula is C23H14Cl2O5. The smallest absolute Gasteiger partial charge is 0.231 e. The van der Waals surface area contributed by atoms with E-state index in [2.05, 4.69) is 0 Å². The molecule has 2 heterocycles. The van der Waals surface area contributed by atoms with Crippen molar-refractivity contribution in [3.63, 3.8) is 0 Å². The fourth-order valence-electron chi connectivity index (χ4n) is 3.21. The molecule has 150 valence electrons. The summed E-state index contributed by atoms with van der Waals surface area (Å²) < 4.78 is 22.3. The van der Waals surface area contributed by atoms with Crippen molar-refractivity contribution in [2.24, 2.45) is 0 Å². The number of hydrogen-bond donors (Lipinski definition) is 0. The zero-order chi connectivity index (χ0) is 20.7. The number of ether oxygens (including phenoxy) is 4. The molecule has 2 aliphatic heterocycles. The van der Waals surface area contributed by atoms with Crippen LogP contribution in [0.5, 0.6) is 23.0 Å². The minimum atomic E-state index is -0.185. The van der Waals surface area contributed by atoms with Gasteiger partial charge in [-0.2, -0.15) is 0 Å². The fraction of sp³-hybridized carbons (Fsp3) is 0.0870. The summed E-state index contributed by atoms with van der Waals surface area (Å²) in [6.07, 6.45) is 1.68. The number of allylic oxidation sites excluding steroid dienone is 1. The predicted octanol–water partition coefficient (Wildman–Crippen LogP) is 5.92. The zero-order valence-corrected chi connectivity index (χ0v) is 17.0. The molecule has 0 bridgehead atoms. The Kier molecular flexibility index (Phi) is 4.77. The van der Waals surface area contributed by atoms with Crippen molar-refractivity contribution in [1.82, 2.24) is 0 Å². The Hall–Kier alpha value is -3.15. The number of benzene rings is 3. The van der Waals surface area contributed by atoms with Crippen molar-refractivity contribution in [1.29, 1.82) is 0 Å². The summed E-state index contributed by atoms with van der Waals surface area (Å²) in [7, 11) is 0. The Balaban J connectivity index is 1.33. The van der Waals surface area contributed by atoms with Gasteiger partial charge in [-0.3, -0.25) is 4.79 Å². The number of carbonyl (C=O) groups excluding carboxylic acids is 1. The molecule has 0 aromatic heterocycles. The molecule has 0 atom stereocenters. The van der Waals surface area contributed by atoms with Crippen molar-refractivity contribution in [2.45, 2.75) is 6.61 Å². The molecule has 3 aromatic rings. The molecule has 3 aromatic carbocycles. The van der Waals surface area contributed by atoms with E-state index in [1.165, 1.54) is 0 Å². The monoisotopic (exact) mass is 440 g/mol. The first-order valence-corrected chi connectivity index (χ1v) is 9.87. The SMILES string of the molecule is O=C1/C(=C/c2ccc3c(c2)OCO3)Oc2cc(OCc3ccc(Cl)cc3Cl)ccc21. The molecule has 0 saturated carbocycles. The minimum Gasteiger partial charge on any atom is -0.489 e. The lowest BCUT2D eigenvalue weighted by molar-refractivity contribution is 0.101. The Morgan fingerprint density at radius 1 is 0.933 bits per heavy atom. The maximum absolute atomic E-state index is 12.7. The molecule has 30 heavy (non-hydrogen) atoms. The van der Waals surface area contributed by atoms with Crippen LogP contribution in [0.3, 0.4) is 0 Å². The summed E-state index contributed by atoms with van der Waals surface area (Å²) in [6.45, 7) is 0.461. The molecule has 2 aliphatic rings. The second kappa shape index (κ2) is 7.59. The van der Waals surface area contributed by atoms with E-state index >= 15 is 0 Å². The van der Waals surface area contributed by atoms with Gasteiger partial charge in [-0.25, -0.2) is 0 Å². The summed E-state index contributed by atoms with van der Waals surface area (Å²) in [5.41, 5.74) is 2.07. The van der Waals surface area contributed by atoms with Gasteiger partial charge in [-0.15, -0.1) is 0 Å². The summed E-state index contributed by atoms with van der Waals surface area (Å²) >= 11 is 12.1. The lowest BCUT2D eigenvalue weighted by atomic mass is 10.1. The van der Waals surface area contributed by atoms with Crippen molar-refractivity contribution in [3.05, 3.63) is 87.1 Å². The largest absolute Gasteiger partial charge is 0.489 e. The average molecular weight is 441 g/mol. The van der Waals surface area contributed by atoms with Gasteiger partial charge in [0.1, 0.15) is 18.1 Å². The number of hydrogen-bond acceptors (Lipinski definition) is 5. The topological polar surface area (TPSA) is 54.0 Å². The van der Waals surface area contributed by atoms with Crippen molar-refractivity contribution in [2.75, 3.05) is 6.79 Å². The fourth-order valence-corrected chi connectivity index (χ4v) is 3.67. The maximum Gasteiger partial charge on any atom is 0.231 e. The second-order valence-electron chi connectivity index (χ2n) is 6.73. The van der Waals surface area contributed by atoms with Crippen LogP contribution in [0.4, 0.5) is 0 Å². The van der Waals surface area contributed by atoms with E-state index in [-0.39, 0.29) is 24.9 Å². The van der Waals surface area contributed by atoms with Crippen LogP contribution >= 0.6 is 23.2 Å². The number of ketones is 1. The molecule has 0 saturated heterocycles. The van der Waals surface area contributed by atoms with E-state index < -0.39 is 0 Å². The minimum absolute atomic E-state index is 0.185. The lowest BCUT2D eigenvalue weighted by Gasteiger charge is -2.09. The molecule has 0 unspecified atom stereocenters. The van der Waals surface area contributed by atoms with E-state index in [0.717, 1.165) is 11.1 Å². The molecule has 5 rings (SSSR count). The molecular weight excluding hydrogens is 427 g/mol. The molecule has 0 fully saturated rings. The summed E-state index contributed by atoms with van der Waals surface area (Å²) in [4.78, 5) is 12.7. The van der Waals surface area contributed by atoms with Gasteiger partial charge >= 0.3 is 0 Å². The third-order valence-corrected chi connectivity index (χ3v) is 5.33. The molecule has 0 N–H and O–H groups in total. The van der Waals surface area contributed by atoms with Crippen LogP contribution in [0.2, 0.25) is 10.0 Å². The first-order valence-electron chi connectivity index (χ1n) is 9.11. The third-order valence-electron chi connectivity index (χ3n) is 4.75. The first-order chi connectivity index (χ1) is 14.6. The molecule has 0 radical (unpaired) electrons. The van der Waals surface area contributed by atoms with Gasteiger partial charge in [0.25, 0.3) is 0 Å². The lowest BCUT2D eigenvalue weighted by Crippen LogP contribution is -1.98. The molecule has 7 heteroatoms. The van der Waals surface area contributed by atoms with Crippen LogP contribution in [-0.2, 0) is 6.61 Å². The van der Waals surface area contributed by atoms with Crippen LogP contribution < -0.4 is 18.9 Å². The van der Waals surface area contributed by atoms with Crippen LogP contribution in [0.15, 0.2) is 60.4 Å². The predicted molar refractivity (Wildman–Crippen MR) is 113 cm³/mol. The van der Waals surface area contributed by atoms with Crippen molar-refractivity contribution in [3.8, 4) is 23.0 Å². The third kappa shape index (κ3) is 3.58. The Morgan fingerprint density at radius 2 is 1.80 bits per heavy atom. The van der Waals surface area contributed by atoms with Crippen molar-refractivity contribution >= 4 is 35.1 Å². The van der Waals surface area contributed by atoms with E-state index in [1.54, 1.807) is 48.5 Å². The van der Waals surface area contributed by atoms with Crippen molar-refractivity contribution < 1.29 is 23.7 Å². The van der Waals surface area contributed by atoms with E-state index in [1.807, 2.05) is 12.1 Å². The van der Waals surface area contributed by atoms with Crippen LogP contribution in [0, 0.1) is 0 Å². The van der Waals surface area contributed by atoms with E-state index in [4.69, 9.17) is 42.1 Å². The second-order valence-corrected chi connectivity index (χ2v) is 7.58. The first kappa shape index (κ1) is 18.9. The van der Waals surface area contributed by atoms with E-state index in [9.17, 15) is 4.79 Å². The van der Waals surface area contributed by atoms with Crippen LogP contribution in [0.1, 0.15) is 21.5 Å². The number of carbonyl (C=O) groups is 1. The highest BCUT2D eigenvalue weighted by Crippen LogP contribution is 2.37. The average Bonchev–Trinajstić information content (AvgIpc) is 3.31. The number of fused-ring (bicyclic) bond motifs is 2. The quantitative estimate of drug-likeness (QED) is 0.471. The normalized spacial score (nSPS) is 15.3. The number of Topliss-reactive ketones (excluding diaryl/α,β-unsaturated/α-hetero) is 1. The summed E-state index contributed by atoms with van der Waals surface area (Å²) in [5.74, 6) is 2.39. The number of halogens is 2. The maximum atomic E-state index is 12.7. The standard InChI is InChI=1S/C23H14Cl2O5/c24-15-3-2-14(18(25)9-15)11-27-16-4-5-17-20(10-16)30-22(23(17)26)8-13-1-6-19-21(7-13)29-12-28-19/h1-10H,11-12H2/b22-8-. The molecule has 5 nitrogen and oxygen atoms in total. The van der Waals surface area contributed by atoms with Gasteiger partial charge < -0.3 is 18.9 Å². The summed E-state index contributed by atoms with van der Waals surface area (Å²) in [5, 5.41) is 1.10. The Morgan fingerprint density at radius 3 is 2.67 bits per heavy atom. The van der Waals surface area contributed by atoms with Gasteiger partial charge in [0.15, 0.2) is 17.3 Å². The van der Waals surface area contributed by atoms with Gasteiger partial charge in [0.05, 0.1) is 5.56 Å². The van der Waals surface area contributed by atoms with Gasteiger partial charge in [0, 0.05) is 21.7 Å². The van der Waals surface area contributed by atoms with Gasteiger partial charge in [-0.05, 0) is 48.0 Å². The highest BCUT2D eigenvalue weighted by molar-refractivity contribution is 6.35. The van der Waals surface area contributed by atoms with Crippen LogP contribution in [-0.4, -0.2) is 12.6 Å². The zero-order valence-electron chi connectivity index (χ0n) is 15.5. The van der Waals surface area contributed by atoms with E-state index in [0.29, 0.717) is 38.6 Å².